The van der Waals surface area contributed by atoms with E-state index in [1.165, 1.54) is 6.07 Å². The Kier molecular flexibility index (Phi) is 3.98. The molecule has 1 unspecified atom stereocenters. The third-order valence-corrected chi connectivity index (χ3v) is 3.61. The van der Waals surface area contributed by atoms with Crippen LogP contribution in [0.3, 0.4) is 0 Å². The van der Waals surface area contributed by atoms with Crippen LogP contribution >= 0.6 is 15.9 Å². The fourth-order valence-corrected chi connectivity index (χ4v) is 2.36. The van der Waals surface area contributed by atoms with Crippen molar-refractivity contribution >= 4 is 15.9 Å². The van der Waals surface area contributed by atoms with Crippen LogP contribution in [-0.2, 0) is 6.42 Å². The van der Waals surface area contributed by atoms with Crippen molar-refractivity contribution in [2.75, 3.05) is 0 Å². The van der Waals surface area contributed by atoms with Gasteiger partial charge in [0.05, 0.1) is 6.10 Å². The van der Waals surface area contributed by atoms with Crippen LogP contribution < -0.4 is 0 Å². The van der Waals surface area contributed by atoms with Crippen molar-refractivity contribution in [1.29, 1.82) is 0 Å². The van der Waals surface area contributed by atoms with E-state index < -0.39 is 0 Å². The first kappa shape index (κ1) is 12.1. The van der Waals surface area contributed by atoms with Gasteiger partial charge in [0.15, 0.2) is 0 Å². The van der Waals surface area contributed by atoms with Crippen molar-refractivity contribution in [2.24, 2.45) is 5.92 Å². The Labute approximate surface area is 104 Å². The molecule has 16 heavy (non-hydrogen) atoms. The van der Waals surface area contributed by atoms with Crippen molar-refractivity contribution in [1.82, 2.24) is 0 Å². The fourth-order valence-electron chi connectivity index (χ4n) is 1.95. The number of rotatable bonds is 5. The molecule has 0 heterocycles. The lowest BCUT2D eigenvalue weighted by Crippen LogP contribution is -2.09. The van der Waals surface area contributed by atoms with Gasteiger partial charge in [0.1, 0.15) is 5.82 Å². The van der Waals surface area contributed by atoms with E-state index in [4.69, 9.17) is 0 Å². The zero-order valence-corrected chi connectivity index (χ0v) is 10.7. The molecule has 1 aliphatic carbocycles. The molecule has 2 rings (SSSR count). The molecule has 1 nitrogen and oxygen atoms in total. The molecule has 1 fully saturated rings. The van der Waals surface area contributed by atoms with Crippen molar-refractivity contribution in [2.45, 2.75) is 38.2 Å². The molecule has 0 bridgehead atoms. The Bertz CT molecular complexity index is 363. The number of hydrogen-bond donors (Lipinski definition) is 1. The van der Waals surface area contributed by atoms with E-state index >= 15 is 0 Å². The molecule has 1 atom stereocenters. The lowest BCUT2D eigenvalue weighted by molar-refractivity contribution is 0.139. The zero-order chi connectivity index (χ0) is 11.5. The third-order valence-electron chi connectivity index (χ3n) is 3.12. The molecule has 0 saturated heterocycles. The molecule has 3 heteroatoms. The predicted octanol–water partition coefficient (Wildman–Crippen LogP) is 3.68. The minimum Gasteiger partial charge on any atom is -0.393 e. The Balaban J connectivity index is 1.81. The van der Waals surface area contributed by atoms with E-state index in [1.807, 2.05) is 6.07 Å². The molecular formula is C13H16BrFO. The normalized spacial score (nSPS) is 17.4. The Hall–Kier alpha value is -0.410. The molecule has 0 aromatic heterocycles. The summed E-state index contributed by atoms with van der Waals surface area (Å²) in [6.07, 6.45) is 4.49. The number of benzene rings is 1. The second kappa shape index (κ2) is 5.28. The monoisotopic (exact) mass is 286 g/mol. The lowest BCUT2D eigenvalue weighted by atomic mass is 10.0. The first-order valence-corrected chi connectivity index (χ1v) is 6.58. The summed E-state index contributed by atoms with van der Waals surface area (Å²) in [7, 11) is 0. The number of hydrogen-bond acceptors (Lipinski definition) is 1. The number of halogens is 2. The summed E-state index contributed by atoms with van der Waals surface area (Å²) in [5.74, 6) is 0.372. The van der Waals surface area contributed by atoms with Gasteiger partial charge in [-0.15, -0.1) is 0 Å². The summed E-state index contributed by atoms with van der Waals surface area (Å²) in [6, 6.07) is 5.01. The summed E-state index contributed by atoms with van der Waals surface area (Å²) in [5.41, 5.74) is 0.734. The summed E-state index contributed by atoms with van der Waals surface area (Å²) < 4.78 is 14.3. The van der Waals surface area contributed by atoms with Gasteiger partial charge in [-0.1, -0.05) is 15.9 Å². The van der Waals surface area contributed by atoms with E-state index in [0.717, 1.165) is 35.7 Å². The average Bonchev–Trinajstić information content (AvgIpc) is 3.06. The van der Waals surface area contributed by atoms with Gasteiger partial charge in [-0.3, -0.25) is 0 Å². The standard InChI is InChI=1S/C13H16BrFO/c14-11-6-7-12(15)10(8-11)2-1-3-13(16)9-4-5-9/h6-9,13,16H,1-5H2. The molecule has 0 amide bonds. The van der Waals surface area contributed by atoms with Crippen LogP contribution in [-0.4, -0.2) is 11.2 Å². The van der Waals surface area contributed by atoms with E-state index in [9.17, 15) is 9.50 Å². The van der Waals surface area contributed by atoms with Gasteiger partial charge in [0.2, 0.25) is 0 Å². The summed E-state index contributed by atoms with van der Waals surface area (Å²) in [4.78, 5) is 0. The highest BCUT2D eigenvalue weighted by molar-refractivity contribution is 9.10. The van der Waals surface area contributed by atoms with E-state index in [-0.39, 0.29) is 11.9 Å². The van der Waals surface area contributed by atoms with Crippen molar-refractivity contribution in [3.8, 4) is 0 Å². The number of aliphatic hydroxyl groups excluding tert-OH is 1. The van der Waals surface area contributed by atoms with Crippen LogP contribution in [0.15, 0.2) is 22.7 Å². The smallest absolute Gasteiger partial charge is 0.126 e. The van der Waals surface area contributed by atoms with Gasteiger partial charge in [0.25, 0.3) is 0 Å². The summed E-state index contributed by atoms with van der Waals surface area (Å²) in [6.45, 7) is 0. The topological polar surface area (TPSA) is 20.2 Å². The first-order valence-electron chi connectivity index (χ1n) is 5.79. The molecule has 0 aliphatic heterocycles. The molecule has 1 saturated carbocycles. The van der Waals surface area contributed by atoms with Crippen LogP contribution in [0.25, 0.3) is 0 Å². The molecule has 1 aromatic rings. The molecule has 1 aliphatic rings. The van der Waals surface area contributed by atoms with Crippen LogP contribution in [0.1, 0.15) is 31.2 Å². The number of aliphatic hydroxyl groups is 1. The summed E-state index contributed by atoms with van der Waals surface area (Å²) in [5, 5.41) is 9.69. The minimum absolute atomic E-state index is 0.149. The van der Waals surface area contributed by atoms with E-state index in [2.05, 4.69) is 15.9 Å². The maximum Gasteiger partial charge on any atom is 0.126 e. The molecular weight excluding hydrogens is 271 g/mol. The predicted molar refractivity (Wildman–Crippen MR) is 65.8 cm³/mol. The third kappa shape index (κ3) is 3.29. The minimum atomic E-state index is -0.171. The largest absolute Gasteiger partial charge is 0.393 e. The average molecular weight is 287 g/mol. The van der Waals surface area contributed by atoms with Gasteiger partial charge in [-0.2, -0.15) is 0 Å². The molecule has 0 radical (unpaired) electrons. The zero-order valence-electron chi connectivity index (χ0n) is 9.13. The van der Waals surface area contributed by atoms with Crippen LogP contribution in [0.2, 0.25) is 0 Å². The van der Waals surface area contributed by atoms with Gasteiger partial charge >= 0.3 is 0 Å². The first-order chi connectivity index (χ1) is 7.66. The quantitative estimate of drug-likeness (QED) is 0.875. The molecule has 1 aromatic carbocycles. The second-order valence-electron chi connectivity index (χ2n) is 4.53. The second-order valence-corrected chi connectivity index (χ2v) is 5.45. The van der Waals surface area contributed by atoms with Crippen LogP contribution in [0.4, 0.5) is 4.39 Å². The highest BCUT2D eigenvalue weighted by atomic mass is 79.9. The van der Waals surface area contributed by atoms with E-state index in [0.29, 0.717) is 12.3 Å². The SMILES string of the molecule is OC(CCCc1cc(Br)ccc1F)C1CC1. The maximum atomic E-state index is 13.4. The van der Waals surface area contributed by atoms with Crippen LogP contribution in [0.5, 0.6) is 0 Å². The Morgan fingerprint density at radius 2 is 2.19 bits per heavy atom. The van der Waals surface area contributed by atoms with Gasteiger partial charge in [-0.05, 0) is 61.8 Å². The van der Waals surface area contributed by atoms with E-state index in [1.54, 1.807) is 6.07 Å². The Morgan fingerprint density at radius 1 is 1.44 bits per heavy atom. The number of aryl methyl sites for hydroxylation is 1. The lowest BCUT2D eigenvalue weighted by Gasteiger charge is -2.09. The fraction of sp³-hybridized carbons (Fsp3) is 0.538. The summed E-state index contributed by atoms with van der Waals surface area (Å²) >= 11 is 3.33. The maximum absolute atomic E-state index is 13.4. The highest BCUT2D eigenvalue weighted by Crippen LogP contribution is 2.34. The molecule has 88 valence electrons. The van der Waals surface area contributed by atoms with Crippen molar-refractivity contribution in [3.63, 3.8) is 0 Å². The Morgan fingerprint density at radius 3 is 2.88 bits per heavy atom. The van der Waals surface area contributed by atoms with Gasteiger partial charge in [0, 0.05) is 4.47 Å². The van der Waals surface area contributed by atoms with Crippen LogP contribution in [0, 0.1) is 11.7 Å². The van der Waals surface area contributed by atoms with Gasteiger partial charge in [-0.25, -0.2) is 4.39 Å². The molecule has 1 N–H and O–H groups in total. The molecule has 0 spiro atoms. The van der Waals surface area contributed by atoms with Gasteiger partial charge < -0.3 is 5.11 Å². The van der Waals surface area contributed by atoms with Crippen molar-refractivity contribution < 1.29 is 9.50 Å². The highest BCUT2D eigenvalue weighted by Gasteiger charge is 2.28. The van der Waals surface area contributed by atoms with Crippen molar-refractivity contribution in [3.05, 3.63) is 34.1 Å².